The Balaban J connectivity index is 2.15. The van der Waals surface area contributed by atoms with Crippen molar-refractivity contribution in [1.82, 2.24) is 9.88 Å². The third-order valence-corrected chi connectivity index (χ3v) is 3.72. The maximum Gasteiger partial charge on any atom is 0.116 e. The van der Waals surface area contributed by atoms with Crippen LogP contribution in [-0.2, 0) is 6.42 Å². The largest absolute Gasteiger partial charge is 0.508 e. The molecule has 0 aliphatic heterocycles. The Kier molecular flexibility index (Phi) is 4.15. The van der Waals surface area contributed by atoms with Gasteiger partial charge in [-0.05, 0) is 57.9 Å². The molecule has 0 spiro atoms. The van der Waals surface area contributed by atoms with Gasteiger partial charge < -0.3 is 10.1 Å². The Morgan fingerprint density at radius 2 is 1.84 bits per heavy atom. The third-order valence-electron chi connectivity index (χ3n) is 3.72. The summed E-state index contributed by atoms with van der Waals surface area (Å²) < 4.78 is 0. The van der Waals surface area contributed by atoms with Crippen molar-refractivity contribution >= 4 is 10.9 Å². The second kappa shape index (κ2) is 5.66. The van der Waals surface area contributed by atoms with E-state index in [9.17, 15) is 5.11 Å². The average Bonchev–Trinajstić information content (AvgIpc) is 2.71. The Bertz CT molecular complexity index is 535. The molecular formula is C16H24N2O. The van der Waals surface area contributed by atoms with Crippen LogP contribution in [0.1, 0.15) is 33.3 Å². The summed E-state index contributed by atoms with van der Waals surface area (Å²) in [7, 11) is 0. The van der Waals surface area contributed by atoms with Crippen LogP contribution in [0.3, 0.4) is 0 Å². The minimum Gasteiger partial charge on any atom is -0.508 e. The van der Waals surface area contributed by atoms with Crippen molar-refractivity contribution in [3.63, 3.8) is 0 Å². The first-order valence-corrected chi connectivity index (χ1v) is 7.03. The van der Waals surface area contributed by atoms with E-state index in [1.165, 1.54) is 5.56 Å². The minimum absolute atomic E-state index is 0.331. The Morgan fingerprint density at radius 1 is 1.16 bits per heavy atom. The molecule has 0 bridgehead atoms. The van der Waals surface area contributed by atoms with E-state index >= 15 is 0 Å². The fraction of sp³-hybridized carbons (Fsp3) is 0.500. The van der Waals surface area contributed by atoms with Crippen molar-refractivity contribution in [2.45, 2.75) is 46.2 Å². The van der Waals surface area contributed by atoms with Crippen molar-refractivity contribution in [3.8, 4) is 5.75 Å². The van der Waals surface area contributed by atoms with Gasteiger partial charge in [0.2, 0.25) is 0 Å². The minimum atomic E-state index is 0.331. The highest BCUT2D eigenvalue weighted by atomic mass is 16.3. The predicted octanol–water partition coefficient (Wildman–Crippen LogP) is 3.53. The van der Waals surface area contributed by atoms with Crippen LogP contribution in [0.2, 0.25) is 0 Å². The molecule has 1 heterocycles. The second-order valence-electron chi connectivity index (χ2n) is 5.72. The van der Waals surface area contributed by atoms with Gasteiger partial charge in [-0.1, -0.05) is 0 Å². The van der Waals surface area contributed by atoms with E-state index in [-0.39, 0.29) is 0 Å². The molecule has 3 heteroatoms. The van der Waals surface area contributed by atoms with Crippen molar-refractivity contribution in [1.29, 1.82) is 0 Å². The number of fused-ring (bicyclic) bond motifs is 1. The lowest BCUT2D eigenvalue weighted by Gasteiger charge is -2.30. The van der Waals surface area contributed by atoms with Gasteiger partial charge >= 0.3 is 0 Å². The zero-order valence-corrected chi connectivity index (χ0v) is 12.3. The molecular weight excluding hydrogens is 236 g/mol. The van der Waals surface area contributed by atoms with Crippen LogP contribution in [0.4, 0.5) is 0 Å². The maximum atomic E-state index is 9.60. The summed E-state index contributed by atoms with van der Waals surface area (Å²) in [5.41, 5.74) is 2.37. The van der Waals surface area contributed by atoms with E-state index in [1.54, 1.807) is 6.07 Å². The van der Waals surface area contributed by atoms with Gasteiger partial charge in [0.05, 0.1) is 0 Å². The number of hydrogen-bond donors (Lipinski definition) is 2. The predicted molar refractivity (Wildman–Crippen MR) is 80.6 cm³/mol. The highest BCUT2D eigenvalue weighted by Crippen LogP contribution is 2.23. The number of nitrogens with one attached hydrogen (secondary N) is 1. The number of aromatic amines is 1. The monoisotopic (exact) mass is 260 g/mol. The number of nitrogens with zero attached hydrogens (tertiary/aromatic N) is 1. The summed E-state index contributed by atoms with van der Waals surface area (Å²) in [4.78, 5) is 5.76. The number of phenolic OH excluding ortho intramolecular Hbond substituents is 1. The van der Waals surface area contributed by atoms with Crippen LogP contribution < -0.4 is 0 Å². The first kappa shape index (κ1) is 13.9. The first-order chi connectivity index (χ1) is 8.99. The van der Waals surface area contributed by atoms with Crippen LogP contribution in [0.15, 0.2) is 24.4 Å². The SMILES string of the molecule is CC(C)N(CCc1c[nH]c2ccc(O)cc12)C(C)C. The normalized spacial score (nSPS) is 12.2. The van der Waals surface area contributed by atoms with Crippen LogP contribution >= 0.6 is 0 Å². The highest BCUT2D eigenvalue weighted by molar-refractivity contribution is 5.84. The molecule has 2 aromatic rings. The summed E-state index contributed by atoms with van der Waals surface area (Å²) in [6.07, 6.45) is 3.06. The number of rotatable bonds is 5. The van der Waals surface area contributed by atoms with E-state index in [0.717, 1.165) is 23.9 Å². The van der Waals surface area contributed by atoms with Crippen LogP contribution in [0.25, 0.3) is 10.9 Å². The molecule has 0 atom stereocenters. The van der Waals surface area contributed by atoms with Crippen LogP contribution in [0.5, 0.6) is 5.75 Å². The third kappa shape index (κ3) is 3.10. The summed E-state index contributed by atoms with van der Waals surface area (Å²) in [5.74, 6) is 0.331. The molecule has 0 aliphatic carbocycles. The maximum absolute atomic E-state index is 9.60. The zero-order valence-electron chi connectivity index (χ0n) is 12.3. The number of phenols is 1. The number of H-pyrrole nitrogens is 1. The molecule has 0 radical (unpaired) electrons. The molecule has 0 amide bonds. The Morgan fingerprint density at radius 3 is 2.47 bits per heavy atom. The summed E-state index contributed by atoms with van der Waals surface area (Å²) in [6, 6.07) is 6.60. The molecule has 19 heavy (non-hydrogen) atoms. The molecule has 1 aromatic heterocycles. The molecule has 0 unspecified atom stereocenters. The second-order valence-corrected chi connectivity index (χ2v) is 5.72. The van der Waals surface area contributed by atoms with Crippen LogP contribution in [-0.4, -0.2) is 33.6 Å². The Hall–Kier alpha value is -1.48. The van der Waals surface area contributed by atoms with Gasteiger partial charge in [-0.3, -0.25) is 4.90 Å². The smallest absolute Gasteiger partial charge is 0.116 e. The number of aromatic nitrogens is 1. The van der Waals surface area contributed by atoms with Crippen molar-refractivity contribution < 1.29 is 5.11 Å². The van der Waals surface area contributed by atoms with Gasteiger partial charge in [0.15, 0.2) is 0 Å². The molecule has 0 aliphatic rings. The van der Waals surface area contributed by atoms with Crippen LogP contribution in [0, 0.1) is 0 Å². The average molecular weight is 260 g/mol. The number of hydrogen-bond acceptors (Lipinski definition) is 2. The van der Waals surface area contributed by atoms with E-state index in [4.69, 9.17) is 0 Å². The van der Waals surface area contributed by atoms with Crippen molar-refractivity contribution in [2.24, 2.45) is 0 Å². The first-order valence-electron chi connectivity index (χ1n) is 7.03. The van der Waals surface area contributed by atoms with Gasteiger partial charge in [-0.2, -0.15) is 0 Å². The standard InChI is InChI=1S/C16H24N2O/c1-11(2)18(12(3)4)8-7-13-10-17-16-6-5-14(19)9-15(13)16/h5-6,9-12,17,19H,7-8H2,1-4H3. The van der Waals surface area contributed by atoms with Gasteiger partial charge in [0.1, 0.15) is 5.75 Å². The lowest BCUT2D eigenvalue weighted by Crippen LogP contribution is -2.38. The molecule has 104 valence electrons. The van der Waals surface area contributed by atoms with Gasteiger partial charge in [0.25, 0.3) is 0 Å². The molecule has 1 aromatic carbocycles. The zero-order chi connectivity index (χ0) is 14.0. The van der Waals surface area contributed by atoms with E-state index < -0.39 is 0 Å². The molecule has 0 fully saturated rings. The summed E-state index contributed by atoms with van der Waals surface area (Å²) in [6.45, 7) is 9.99. The molecule has 0 saturated heterocycles. The lowest BCUT2D eigenvalue weighted by atomic mass is 10.1. The summed E-state index contributed by atoms with van der Waals surface area (Å²) in [5, 5.41) is 10.7. The Labute approximate surface area is 115 Å². The van der Waals surface area contributed by atoms with Gasteiger partial charge in [-0.15, -0.1) is 0 Å². The molecule has 3 nitrogen and oxygen atoms in total. The highest BCUT2D eigenvalue weighted by Gasteiger charge is 2.14. The summed E-state index contributed by atoms with van der Waals surface area (Å²) >= 11 is 0. The van der Waals surface area contributed by atoms with Crippen molar-refractivity contribution in [2.75, 3.05) is 6.54 Å². The molecule has 2 rings (SSSR count). The lowest BCUT2D eigenvalue weighted by molar-refractivity contribution is 0.177. The number of aromatic hydroxyl groups is 1. The van der Waals surface area contributed by atoms with Crippen molar-refractivity contribution in [3.05, 3.63) is 30.0 Å². The van der Waals surface area contributed by atoms with E-state index in [0.29, 0.717) is 17.8 Å². The fourth-order valence-corrected chi connectivity index (χ4v) is 2.74. The fourth-order valence-electron chi connectivity index (χ4n) is 2.74. The molecule has 2 N–H and O–H groups in total. The van der Waals surface area contributed by atoms with Gasteiger partial charge in [0, 0.05) is 35.7 Å². The van der Waals surface area contributed by atoms with Gasteiger partial charge in [-0.25, -0.2) is 0 Å². The number of benzene rings is 1. The molecule has 0 saturated carbocycles. The quantitative estimate of drug-likeness (QED) is 0.863. The van der Waals surface area contributed by atoms with E-state index in [2.05, 4.69) is 43.8 Å². The topological polar surface area (TPSA) is 39.3 Å². The van der Waals surface area contributed by atoms with E-state index in [1.807, 2.05) is 12.1 Å².